The minimum atomic E-state index is -0.448. The molecule has 0 spiro atoms. The zero-order chi connectivity index (χ0) is 18.4. The third-order valence-electron chi connectivity index (χ3n) is 5.21. The van der Waals surface area contributed by atoms with Gasteiger partial charge in [-0.15, -0.1) is 11.3 Å². The van der Waals surface area contributed by atoms with Crippen molar-refractivity contribution in [3.05, 3.63) is 29.3 Å². The third-order valence-corrected chi connectivity index (χ3v) is 6.26. The Hall–Kier alpha value is -1.75. The summed E-state index contributed by atoms with van der Waals surface area (Å²) in [6.45, 7) is 2.14. The second kappa shape index (κ2) is 9.26. The van der Waals surface area contributed by atoms with E-state index in [1.54, 1.807) is 0 Å². The molecule has 5 heteroatoms. The minimum absolute atomic E-state index is 0.0357. The molecule has 1 atom stereocenters. The highest BCUT2D eigenvalue weighted by Crippen LogP contribution is 2.26. The summed E-state index contributed by atoms with van der Waals surface area (Å²) in [6, 6.07) is 7.35. The molecule has 1 aromatic heterocycles. The monoisotopic (exact) mass is 372 g/mol. The molecule has 1 aromatic carbocycles. The number of nitrogens with zero attached hydrogens (tertiary/aromatic N) is 1. The van der Waals surface area contributed by atoms with Gasteiger partial charge >= 0.3 is 0 Å². The second-order valence-electron chi connectivity index (χ2n) is 7.24. The van der Waals surface area contributed by atoms with Gasteiger partial charge in [-0.1, -0.05) is 57.6 Å². The average molecular weight is 373 g/mol. The Morgan fingerprint density at radius 1 is 1.19 bits per heavy atom. The molecule has 1 aliphatic carbocycles. The summed E-state index contributed by atoms with van der Waals surface area (Å²) >= 11 is 1.42. The van der Waals surface area contributed by atoms with E-state index in [1.165, 1.54) is 17.8 Å². The van der Waals surface area contributed by atoms with Crippen LogP contribution in [0.1, 0.15) is 74.5 Å². The van der Waals surface area contributed by atoms with Crippen LogP contribution in [-0.4, -0.2) is 22.7 Å². The number of hydrogen-bond acceptors (Lipinski definition) is 4. The van der Waals surface area contributed by atoms with Crippen molar-refractivity contribution in [2.75, 3.05) is 0 Å². The molecule has 4 nitrogen and oxygen atoms in total. The first-order valence-corrected chi connectivity index (χ1v) is 10.7. The zero-order valence-corrected chi connectivity index (χ0v) is 16.3. The van der Waals surface area contributed by atoms with Crippen molar-refractivity contribution >= 4 is 33.2 Å². The largest absolute Gasteiger partial charge is 0.346 e. The van der Waals surface area contributed by atoms with Crippen molar-refractivity contribution < 1.29 is 9.59 Å². The molecule has 0 radical (unpaired) electrons. The van der Waals surface area contributed by atoms with Crippen LogP contribution in [0.3, 0.4) is 0 Å². The Labute approximate surface area is 159 Å². The van der Waals surface area contributed by atoms with Crippen LogP contribution >= 0.6 is 11.3 Å². The maximum atomic E-state index is 13.1. The molecule has 2 aromatic rings. The van der Waals surface area contributed by atoms with Crippen molar-refractivity contribution in [3.63, 3.8) is 0 Å². The number of aromatic nitrogens is 1. The van der Waals surface area contributed by atoms with Crippen LogP contribution in [0.25, 0.3) is 10.2 Å². The quantitative estimate of drug-likeness (QED) is 0.516. The molecule has 140 valence electrons. The fraction of sp³-hybridized carbons (Fsp3) is 0.571. The molecule has 1 fully saturated rings. The van der Waals surface area contributed by atoms with E-state index >= 15 is 0 Å². The number of benzene rings is 1. The highest BCUT2D eigenvalue weighted by molar-refractivity contribution is 7.20. The van der Waals surface area contributed by atoms with Gasteiger partial charge in [-0.25, -0.2) is 4.98 Å². The molecule has 0 saturated heterocycles. The molecule has 26 heavy (non-hydrogen) atoms. The maximum absolute atomic E-state index is 13.1. The number of fused-ring (bicyclic) bond motifs is 1. The van der Waals surface area contributed by atoms with Gasteiger partial charge in [0.1, 0.15) is 0 Å². The van der Waals surface area contributed by atoms with Gasteiger partial charge in [0, 0.05) is 5.92 Å². The van der Waals surface area contributed by atoms with Gasteiger partial charge in [0.25, 0.3) is 0 Å². The van der Waals surface area contributed by atoms with Gasteiger partial charge in [0.05, 0.1) is 16.3 Å². The molecular formula is C21H28N2O2S. The number of thiazole rings is 1. The molecule has 1 saturated carbocycles. The molecule has 1 unspecified atom stereocenters. The highest BCUT2D eigenvalue weighted by atomic mass is 32.1. The van der Waals surface area contributed by atoms with E-state index in [0.717, 1.165) is 55.2 Å². The van der Waals surface area contributed by atoms with Crippen LogP contribution in [0, 0.1) is 5.92 Å². The van der Waals surface area contributed by atoms with E-state index < -0.39 is 6.04 Å². The van der Waals surface area contributed by atoms with Gasteiger partial charge in [-0.2, -0.15) is 0 Å². The molecule has 1 aliphatic rings. The predicted molar refractivity (Wildman–Crippen MR) is 107 cm³/mol. The summed E-state index contributed by atoms with van der Waals surface area (Å²) in [5.74, 6) is 0.0905. The summed E-state index contributed by atoms with van der Waals surface area (Å²) in [7, 11) is 0. The smallest absolute Gasteiger partial charge is 0.223 e. The first-order valence-electron chi connectivity index (χ1n) is 9.89. The number of carbonyl (C=O) groups excluding carboxylic acids is 2. The number of nitrogens with one attached hydrogen (secondary N) is 1. The van der Waals surface area contributed by atoms with Gasteiger partial charge < -0.3 is 5.32 Å². The van der Waals surface area contributed by atoms with Gasteiger partial charge in [-0.05, 0) is 31.4 Å². The van der Waals surface area contributed by atoms with Gasteiger partial charge in [0.15, 0.2) is 5.01 Å². The first-order chi connectivity index (χ1) is 12.7. The van der Waals surface area contributed by atoms with Crippen molar-refractivity contribution in [2.24, 2.45) is 5.92 Å². The fourth-order valence-corrected chi connectivity index (χ4v) is 4.61. The number of unbranched alkanes of at least 4 members (excludes halogenated alkanes) is 2. The van der Waals surface area contributed by atoms with Crippen molar-refractivity contribution in [1.29, 1.82) is 0 Å². The summed E-state index contributed by atoms with van der Waals surface area (Å²) in [5, 5.41) is 3.58. The first kappa shape index (κ1) is 19.0. The number of amides is 1. The third kappa shape index (κ3) is 4.70. The molecule has 3 rings (SSSR count). The summed E-state index contributed by atoms with van der Waals surface area (Å²) < 4.78 is 1.02. The fourth-order valence-electron chi connectivity index (χ4n) is 3.65. The van der Waals surface area contributed by atoms with Crippen LogP contribution in [0.2, 0.25) is 0 Å². The number of carbonyl (C=O) groups is 2. The Kier molecular flexibility index (Phi) is 6.78. The number of rotatable bonds is 8. The van der Waals surface area contributed by atoms with E-state index in [1.807, 2.05) is 24.3 Å². The minimum Gasteiger partial charge on any atom is -0.346 e. The summed E-state index contributed by atoms with van der Waals surface area (Å²) in [5.41, 5.74) is 0.853. The standard InChI is InChI=1S/C21H28N2O2S/c1-2-3-5-13-17(22-20(25)15-10-6-4-7-11-15)19(24)21-23-16-12-8-9-14-18(16)26-21/h8-9,12,14-15,17H,2-7,10-11,13H2,1H3,(H,22,25). The maximum Gasteiger partial charge on any atom is 0.223 e. The van der Waals surface area contributed by atoms with Crippen molar-refractivity contribution in [2.45, 2.75) is 70.8 Å². The van der Waals surface area contributed by atoms with E-state index in [2.05, 4.69) is 17.2 Å². The van der Waals surface area contributed by atoms with Gasteiger partial charge in [-0.3, -0.25) is 9.59 Å². The van der Waals surface area contributed by atoms with Crippen LogP contribution < -0.4 is 5.32 Å². The molecule has 1 amide bonds. The molecule has 1 heterocycles. The van der Waals surface area contributed by atoms with Crippen LogP contribution in [0.5, 0.6) is 0 Å². The van der Waals surface area contributed by atoms with E-state index in [0.29, 0.717) is 11.4 Å². The topological polar surface area (TPSA) is 59.1 Å². The predicted octanol–water partition coefficient (Wildman–Crippen LogP) is 5.12. The summed E-state index contributed by atoms with van der Waals surface area (Å²) in [6.07, 6.45) is 9.15. The molecule has 0 bridgehead atoms. The number of hydrogen-bond donors (Lipinski definition) is 1. The lowest BCUT2D eigenvalue weighted by Crippen LogP contribution is -2.44. The lowest BCUT2D eigenvalue weighted by molar-refractivity contribution is -0.126. The Morgan fingerprint density at radius 2 is 1.96 bits per heavy atom. The zero-order valence-electron chi connectivity index (χ0n) is 15.5. The van der Waals surface area contributed by atoms with Crippen molar-refractivity contribution in [3.8, 4) is 0 Å². The highest BCUT2D eigenvalue weighted by Gasteiger charge is 2.28. The second-order valence-corrected chi connectivity index (χ2v) is 8.27. The number of Topliss-reactive ketones (excluding diaryl/α,β-unsaturated/α-hetero) is 1. The Morgan fingerprint density at radius 3 is 2.69 bits per heavy atom. The Balaban J connectivity index is 1.73. The lowest BCUT2D eigenvalue weighted by Gasteiger charge is -2.24. The Bertz CT molecular complexity index is 716. The SMILES string of the molecule is CCCCCC(NC(=O)C1CCCCC1)C(=O)c1nc2ccccc2s1. The summed E-state index contributed by atoms with van der Waals surface area (Å²) in [4.78, 5) is 30.2. The van der Waals surface area contributed by atoms with Crippen LogP contribution in [0.15, 0.2) is 24.3 Å². The number of para-hydroxylation sites is 1. The average Bonchev–Trinajstić information content (AvgIpc) is 3.11. The van der Waals surface area contributed by atoms with Gasteiger partial charge in [0.2, 0.25) is 11.7 Å². The number of ketones is 1. The van der Waals surface area contributed by atoms with E-state index in [9.17, 15) is 9.59 Å². The van der Waals surface area contributed by atoms with Crippen molar-refractivity contribution in [1.82, 2.24) is 10.3 Å². The molecule has 1 N–H and O–H groups in total. The van der Waals surface area contributed by atoms with Crippen LogP contribution in [0.4, 0.5) is 0 Å². The lowest BCUT2D eigenvalue weighted by atomic mass is 9.88. The van der Waals surface area contributed by atoms with E-state index in [4.69, 9.17) is 0 Å². The normalized spacial score (nSPS) is 16.5. The van der Waals surface area contributed by atoms with Crippen LogP contribution in [-0.2, 0) is 4.79 Å². The molecule has 0 aliphatic heterocycles. The molecular weight excluding hydrogens is 344 g/mol. The van der Waals surface area contributed by atoms with E-state index in [-0.39, 0.29) is 17.6 Å².